The third kappa shape index (κ3) is 4.53. The molecule has 8 atom stereocenters. The molecule has 8 N–H and O–H groups in total. The number of aliphatic hydroxyl groups is 5. The third-order valence-electron chi connectivity index (χ3n) is 6.33. The molecule has 2 aliphatic heterocycles. The summed E-state index contributed by atoms with van der Waals surface area (Å²) in [5.74, 6) is 0.776. The number of aromatic nitrogens is 6. The van der Waals surface area contributed by atoms with Crippen LogP contribution in [0.1, 0.15) is 18.3 Å². The number of aromatic amines is 1. The van der Waals surface area contributed by atoms with Crippen LogP contribution in [0.2, 0.25) is 0 Å². The van der Waals surface area contributed by atoms with Gasteiger partial charge in [-0.1, -0.05) is 0 Å². The summed E-state index contributed by atoms with van der Waals surface area (Å²) >= 11 is 1.25. The number of aliphatic hydroxyl groups excluding tert-OH is 5. The molecule has 2 fully saturated rings. The monoisotopic (exact) mass is 539 g/mol. The second-order valence-electron chi connectivity index (χ2n) is 8.64. The van der Waals surface area contributed by atoms with E-state index in [-0.39, 0.29) is 28.5 Å². The first-order chi connectivity index (χ1) is 17.7. The lowest BCUT2D eigenvalue weighted by Gasteiger charge is -2.20. The molecule has 0 saturated carbocycles. The average Bonchev–Trinajstić information content (AvgIpc) is 3.47. The van der Waals surface area contributed by atoms with E-state index in [4.69, 9.17) is 15.2 Å². The Bertz CT molecular complexity index is 1400. The number of thioether (sulfide) groups is 1. The molecule has 3 aromatic rings. The van der Waals surface area contributed by atoms with Crippen molar-refractivity contribution in [2.45, 2.75) is 54.8 Å². The molecular weight excluding hydrogens is 514 g/mol. The quantitative estimate of drug-likeness (QED) is 0.154. The Morgan fingerprint density at radius 2 is 1.73 bits per heavy atom. The smallest absolute Gasteiger partial charge is 0.330 e. The van der Waals surface area contributed by atoms with Crippen molar-refractivity contribution in [3.05, 3.63) is 45.3 Å². The Hall–Kier alpha value is -2.90. The Balaban J connectivity index is 1.35. The third-order valence-corrected chi connectivity index (χ3v) is 7.35. The molecule has 17 heteroatoms. The number of ether oxygens (including phenoxy) is 2. The minimum Gasteiger partial charge on any atom is -0.394 e. The van der Waals surface area contributed by atoms with Gasteiger partial charge in [0.05, 0.1) is 18.5 Å². The summed E-state index contributed by atoms with van der Waals surface area (Å²) in [4.78, 5) is 38.1. The van der Waals surface area contributed by atoms with E-state index in [1.54, 1.807) is 0 Å². The van der Waals surface area contributed by atoms with Gasteiger partial charge in [-0.2, -0.15) is 11.8 Å². The van der Waals surface area contributed by atoms with E-state index < -0.39 is 66.9 Å². The fourth-order valence-electron chi connectivity index (χ4n) is 4.42. The summed E-state index contributed by atoms with van der Waals surface area (Å²) in [5, 5.41) is 51.2. The molecule has 5 rings (SSSR count). The highest BCUT2D eigenvalue weighted by Crippen LogP contribution is 2.35. The fourth-order valence-corrected chi connectivity index (χ4v) is 5.44. The second-order valence-corrected chi connectivity index (χ2v) is 9.67. The van der Waals surface area contributed by atoms with Crippen molar-refractivity contribution in [2.24, 2.45) is 0 Å². The standard InChI is InChI=1S/C20H25N7O9S/c21-16-11-17(23-6-22-16)27(19-15(33)12(30)7(3-28)35-19)9(24-11)5-37-4-8-13(31)14(32)18(36-8)26-2-1-10(29)25-20(26)34/h1-2,6-8,12-15,18-19,28,30-33H,3-5H2,(H2,21,22,23)(H,25,29,34)/t7-,8-,12-,13-,14-,15-,18-,19-/m1/s1. The van der Waals surface area contributed by atoms with Gasteiger partial charge in [0.25, 0.3) is 5.56 Å². The first-order valence-electron chi connectivity index (χ1n) is 11.2. The molecule has 0 bridgehead atoms. The minimum atomic E-state index is -1.42. The van der Waals surface area contributed by atoms with Gasteiger partial charge in [0.2, 0.25) is 0 Å². The van der Waals surface area contributed by atoms with Crippen LogP contribution in [0, 0.1) is 0 Å². The van der Waals surface area contributed by atoms with Crippen LogP contribution in [0.5, 0.6) is 0 Å². The van der Waals surface area contributed by atoms with Gasteiger partial charge in [0.15, 0.2) is 29.4 Å². The van der Waals surface area contributed by atoms with E-state index in [0.29, 0.717) is 5.82 Å². The maximum Gasteiger partial charge on any atom is 0.330 e. The highest BCUT2D eigenvalue weighted by Gasteiger charge is 2.46. The molecule has 2 aliphatic rings. The molecular formula is C20H25N7O9S. The van der Waals surface area contributed by atoms with Gasteiger partial charge >= 0.3 is 5.69 Å². The molecule has 0 unspecified atom stereocenters. The number of nitrogens with zero attached hydrogens (tertiary/aromatic N) is 5. The predicted molar refractivity (Wildman–Crippen MR) is 126 cm³/mol. The Morgan fingerprint density at radius 1 is 1.03 bits per heavy atom. The number of nitrogen functional groups attached to an aromatic ring is 1. The normalized spacial score (nSPS) is 31.9. The number of imidazole rings is 1. The van der Waals surface area contributed by atoms with Crippen LogP contribution in [0.25, 0.3) is 11.2 Å². The number of nitrogens with one attached hydrogen (secondary N) is 1. The number of fused-ring (bicyclic) bond motifs is 1. The van der Waals surface area contributed by atoms with E-state index in [1.807, 2.05) is 0 Å². The van der Waals surface area contributed by atoms with E-state index >= 15 is 0 Å². The molecule has 200 valence electrons. The molecule has 0 aliphatic carbocycles. The summed E-state index contributed by atoms with van der Waals surface area (Å²) in [7, 11) is 0. The van der Waals surface area contributed by atoms with Crippen molar-refractivity contribution in [1.29, 1.82) is 0 Å². The van der Waals surface area contributed by atoms with Crippen molar-refractivity contribution in [2.75, 3.05) is 18.1 Å². The molecule has 0 amide bonds. The number of hydrogen-bond acceptors (Lipinski definition) is 14. The molecule has 3 aromatic heterocycles. The SMILES string of the molecule is Nc1ncnc2c1nc(CSC[C@H]1O[C@@H](n3ccc(=O)[nH]c3=O)[C@H](O)[C@@H]1O)n2[C@@H]1O[C@H](CO)[C@@H](O)[C@H]1O. The van der Waals surface area contributed by atoms with Crippen molar-refractivity contribution >= 4 is 28.7 Å². The van der Waals surface area contributed by atoms with Gasteiger partial charge in [0.1, 0.15) is 42.7 Å². The number of nitrogens with two attached hydrogens (primary N) is 1. The Labute approximate surface area is 211 Å². The predicted octanol–water partition coefficient (Wildman–Crippen LogP) is -3.58. The number of hydrogen-bond donors (Lipinski definition) is 7. The van der Waals surface area contributed by atoms with Crippen molar-refractivity contribution in [3.63, 3.8) is 0 Å². The van der Waals surface area contributed by atoms with Crippen LogP contribution in [0.15, 0.2) is 28.2 Å². The maximum absolute atomic E-state index is 12.1. The van der Waals surface area contributed by atoms with Gasteiger partial charge in [0, 0.05) is 18.0 Å². The molecule has 5 heterocycles. The lowest BCUT2D eigenvalue weighted by atomic mass is 10.1. The van der Waals surface area contributed by atoms with E-state index in [1.165, 1.54) is 28.9 Å². The number of H-pyrrole nitrogens is 1. The lowest BCUT2D eigenvalue weighted by molar-refractivity contribution is -0.0520. The molecule has 0 spiro atoms. The summed E-state index contributed by atoms with van der Waals surface area (Å²) in [6, 6.07) is 1.10. The summed E-state index contributed by atoms with van der Waals surface area (Å²) in [6.45, 7) is -0.513. The molecule has 0 radical (unpaired) electrons. The van der Waals surface area contributed by atoms with Crippen LogP contribution in [-0.4, -0.2) is 104 Å². The molecule has 16 nitrogen and oxygen atoms in total. The Kier molecular flexibility index (Phi) is 7.03. The number of anilines is 1. The van der Waals surface area contributed by atoms with Crippen molar-refractivity contribution in [1.82, 2.24) is 29.1 Å². The summed E-state index contributed by atoms with van der Waals surface area (Å²) < 4.78 is 13.8. The molecule has 37 heavy (non-hydrogen) atoms. The van der Waals surface area contributed by atoms with Crippen LogP contribution in [0.4, 0.5) is 5.82 Å². The van der Waals surface area contributed by atoms with E-state index in [2.05, 4.69) is 19.9 Å². The van der Waals surface area contributed by atoms with Crippen LogP contribution in [-0.2, 0) is 15.2 Å². The van der Waals surface area contributed by atoms with Gasteiger partial charge in [-0.05, 0) is 0 Å². The summed E-state index contributed by atoms with van der Waals surface area (Å²) in [6.07, 6.45) is -7.30. The zero-order chi connectivity index (χ0) is 26.4. The second kappa shape index (κ2) is 10.1. The van der Waals surface area contributed by atoms with Crippen LogP contribution >= 0.6 is 11.8 Å². The zero-order valence-electron chi connectivity index (χ0n) is 19.1. The fraction of sp³-hybridized carbons (Fsp3) is 0.550. The van der Waals surface area contributed by atoms with Crippen LogP contribution < -0.4 is 17.0 Å². The van der Waals surface area contributed by atoms with Gasteiger partial charge < -0.3 is 40.7 Å². The highest BCUT2D eigenvalue weighted by molar-refractivity contribution is 7.98. The van der Waals surface area contributed by atoms with E-state index in [0.717, 1.165) is 10.6 Å². The zero-order valence-corrected chi connectivity index (χ0v) is 19.9. The number of rotatable bonds is 7. The Morgan fingerprint density at radius 3 is 2.43 bits per heavy atom. The van der Waals surface area contributed by atoms with Crippen molar-refractivity contribution in [3.8, 4) is 0 Å². The van der Waals surface area contributed by atoms with Crippen LogP contribution in [0.3, 0.4) is 0 Å². The summed E-state index contributed by atoms with van der Waals surface area (Å²) in [5.41, 5.74) is 5.06. The minimum absolute atomic E-state index is 0.0913. The van der Waals surface area contributed by atoms with Crippen molar-refractivity contribution < 1.29 is 35.0 Å². The lowest BCUT2D eigenvalue weighted by Crippen LogP contribution is -2.37. The molecule has 0 aromatic carbocycles. The van der Waals surface area contributed by atoms with E-state index in [9.17, 15) is 35.1 Å². The topological polar surface area (TPSA) is 244 Å². The average molecular weight is 540 g/mol. The van der Waals surface area contributed by atoms with Gasteiger partial charge in [-0.15, -0.1) is 0 Å². The first-order valence-corrected chi connectivity index (χ1v) is 12.4. The molecule has 2 saturated heterocycles. The largest absolute Gasteiger partial charge is 0.394 e. The highest BCUT2D eigenvalue weighted by atomic mass is 32.2. The maximum atomic E-state index is 12.1. The van der Waals surface area contributed by atoms with Gasteiger partial charge in [-0.3, -0.25) is 18.9 Å². The first kappa shape index (κ1) is 25.7. The van der Waals surface area contributed by atoms with Gasteiger partial charge in [-0.25, -0.2) is 19.7 Å².